The van der Waals surface area contributed by atoms with Gasteiger partial charge >= 0.3 is 6.03 Å². The van der Waals surface area contributed by atoms with Crippen LogP contribution in [0.25, 0.3) is 0 Å². The molecule has 1 fully saturated rings. The van der Waals surface area contributed by atoms with Gasteiger partial charge in [0.1, 0.15) is 17.0 Å². The van der Waals surface area contributed by atoms with Crippen LogP contribution in [0.15, 0.2) is 53.4 Å². The van der Waals surface area contributed by atoms with Crippen molar-refractivity contribution >= 4 is 39.8 Å². The molecule has 0 radical (unpaired) electrons. The Morgan fingerprint density at radius 1 is 1.12 bits per heavy atom. The summed E-state index contributed by atoms with van der Waals surface area (Å²) in [7, 11) is -3.81. The van der Waals surface area contributed by atoms with E-state index in [1.165, 1.54) is 38.1 Å². The van der Waals surface area contributed by atoms with Crippen LogP contribution in [0.1, 0.15) is 20.3 Å². The summed E-state index contributed by atoms with van der Waals surface area (Å²) in [5, 5.41) is 13.2. The molecule has 1 atom stereocenters. The van der Waals surface area contributed by atoms with Crippen LogP contribution in [0.5, 0.6) is 11.5 Å². The number of carbonyl (C=O) groups excluding carboxylic acids is 3. The summed E-state index contributed by atoms with van der Waals surface area (Å²) in [6, 6.07) is 10.6. The zero-order chi connectivity index (χ0) is 25.1. The number of benzene rings is 2. The first-order valence-corrected chi connectivity index (χ1v) is 12.3. The molecule has 0 saturated carbocycles. The van der Waals surface area contributed by atoms with Gasteiger partial charge in [-0.3, -0.25) is 19.7 Å². The zero-order valence-electron chi connectivity index (χ0n) is 18.5. The summed E-state index contributed by atoms with van der Waals surface area (Å²) in [5.41, 5.74) is -1.13. The van der Waals surface area contributed by atoms with E-state index >= 15 is 0 Å². The molecule has 0 aromatic heterocycles. The Balaban J connectivity index is 1.67. The molecule has 0 aliphatic carbocycles. The van der Waals surface area contributed by atoms with Crippen molar-refractivity contribution in [2.45, 2.75) is 36.7 Å². The number of ether oxygens (including phenoxy) is 1. The lowest BCUT2D eigenvalue weighted by molar-refractivity contribution is -0.162. The fraction of sp³-hybridized carbons (Fsp3) is 0.318. The second-order valence-electron chi connectivity index (χ2n) is 8.25. The summed E-state index contributed by atoms with van der Waals surface area (Å²) in [6.07, 6.45) is -0.109. The van der Waals surface area contributed by atoms with Gasteiger partial charge in [0, 0.05) is 5.02 Å². The number of nitrogens with zero attached hydrogens (tertiary/aromatic N) is 2. The van der Waals surface area contributed by atoms with E-state index in [-0.39, 0.29) is 29.3 Å². The van der Waals surface area contributed by atoms with E-state index in [0.717, 1.165) is 4.90 Å². The van der Waals surface area contributed by atoms with Crippen molar-refractivity contribution < 1.29 is 32.7 Å². The number of amides is 4. The second-order valence-corrected chi connectivity index (χ2v) is 10.8. The van der Waals surface area contributed by atoms with Gasteiger partial charge in [-0.15, -0.1) is 0 Å². The fourth-order valence-corrected chi connectivity index (χ4v) is 4.85. The van der Waals surface area contributed by atoms with Gasteiger partial charge < -0.3 is 10.1 Å². The Kier molecular flexibility index (Phi) is 7.49. The normalized spacial score (nSPS) is 16.2. The molecule has 1 heterocycles. The van der Waals surface area contributed by atoms with Gasteiger partial charge in [-0.1, -0.05) is 11.6 Å². The minimum atomic E-state index is -3.81. The van der Waals surface area contributed by atoms with Crippen LogP contribution in [0.3, 0.4) is 0 Å². The molecule has 3 rings (SSSR count). The van der Waals surface area contributed by atoms with Gasteiger partial charge in [0.25, 0.3) is 5.91 Å². The standard InChI is InChI=1S/C22H24ClN3O7S/c1-22(2)20(28)25(21(29)24-22)13-16(26(30)14-27)11-12-34(31,32)19-9-7-18(8-10-19)33-17-5-3-15(23)4-6-17/h3-10,14,16,30H,11-13H2,1-2H3,(H,24,29)/t16-/m1/s1. The van der Waals surface area contributed by atoms with Crippen LogP contribution in [-0.2, 0) is 19.4 Å². The number of rotatable bonds is 10. The molecule has 1 aliphatic rings. The van der Waals surface area contributed by atoms with E-state index in [1.54, 1.807) is 24.3 Å². The summed E-state index contributed by atoms with van der Waals surface area (Å²) in [4.78, 5) is 36.5. The van der Waals surface area contributed by atoms with Crippen LogP contribution in [-0.4, -0.2) is 65.8 Å². The molecule has 1 aliphatic heterocycles. The van der Waals surface area contributed by atoms with Crippen molar-refractivity contribution in [2.75, 3.05) is 12.3 Å². The van der Waals surface area contributed by atoms with E-state index in [4.69, 9.17) is 16.3 Å². The number of urea groups is 1. The summed E-state index contributed by atoms with van der Waals surface area (Å²) in [5.74, 6) is -0.0281. The monoisotopic (exact) mass is 509 g/mol. The first kappa shape index (κ1) is 25.5. The number of halogens is 1. The van der Waals surface area contributed by atoms with Crippen LogP contribution in [0, 0.1) is 0 Å². The summed E-state index contributed by atoms with van der Waals surface area (Å²) >= 11 is 5.84. The number of nitrogens with one attached hydrogen (secondary N) is 1. The molecule has 4 amide bonds. The topological polar surface area (TPSA) is 133 Å². The predicted octanol–water partition coefficient (Wildman–Crippen LogP) is 2.84. The Labute approximate surface area is 201 Å². The molecular weight excluding hydrogens is 486 g/mol. The molecular formula is C22H24ClN3O7S. The number of sulfone groups is 1. The lowest BCUT2D eigenvalue weighted by atomic mass is 10.1. The Morgan fingerprint density at radius 3 is 2.18 bits per heavy atom. The van der Waals surface area contributed by atoms with Crippen LogP contribution in [0.4, 0.5) is 4.79 Å². The zero-order valence-corrected chi connectivity index (χ0v) is 20.0. The highest BCUT2D eigenvalue weighted by molar-refractivity contribution is 7.91. The Morgan fingerprint density at radius 2 is 1.68 bits per heavy atom. The number of hydroxylamine groups is 2. The molecule has 12 heteroatoms. The fourth-order valence-electron chi connectivity index (χ4n) is 3.35. The molecule has 0 spiro atoms. The maximum atomic E-state index is 12.8. The first-order chi connectivity index (χ1) is 15.9. The van der Waals surface area contributed by atoms with E-state index in [2.05, 4.69) is 5.32 Å². The van der Waals surface area contributed by atoms with Crippen molar-refractivity contribution in [3.8, 4) is 11.5 Å². The molecule has 2 aromatic rings. The Hall–Kier alpha value is -3.15. The van der Waals surface area contributed by atoms with E-state index < -0.39 is 39.1 Å². The SMILES string of the molecule is CC1(C)NC(=O)N(C[C@@H](CCS(=O)(=O)c2ccc(Oc3ccc(Cl)cc3)cc2)N(O)C=O)C1=O. The summed E-state index contributed by atoms with van der Waals surface area (Å²) < 4.78 is 31.3. The van der Waals surface area contributed by atoms with Crippen molar-refractivity contribution in [3.63, 3.8) is 0 Å². The third-order valence-corrected chi connectivity index (χ3v) is 7.29. The molecule has 10 nitrogen and oxygen atoms in total. The van der Waals surface area contributed by atoms with Gasteiger partial charge in [-0.05, 0) is 68.8 Å². The van der Waals surface area contributed by atoms with Crippen molar-refractivity contribution in [1.29, 1.82) is 0 Å². The lowest BCUT2D eigenvalue weighted by Gasteiger charge is -2.26. The number of carbonyl (C=O) groups is 3. The molecule has 0 bridgehead atoms. The van der Waals surface area contributed by atoms with Crippen LogP contribution in [0.2, 0.25) is 5.02 Å². The predicted molar refractivity (Wildman–Crippen MR) is 122 cm³/mol. The van der Waals surface area contributed by atoms with Gasteiger partial charge in [-0.25, -0.2) is 18.3 Å². The maximum Gasteiger partial charge on any atom is 0.325 e. The van der Waals surface area contributed by atoms with Crippen LogP contribution < -0.4 is 10.1 Å². The summed E-state index contributed by atoms with van der Waals surface area (Å²) in [6.45, 7) is 2.68. The second kappa shape index (κ2) is 10.00. The minimum Gasteiger partial charge on any atom is -0.457 e. The molecule has 0 unspecified atom stereocenters. The molecule has 182 valence electrons. The van der Waals surface area contributed by atoms with Crippen molar-refractivity contribution in [2.24, 2.45) is 0 Å². The molecule has 2 aromatic carbocycles. The quantitative estimate of drug-likeness (QED) is 0.218. The molecule has 34 heavy (non-hydrogen) atoms. The maximum absolute atomic E-state index is 12.8. The van der Waals surface area contributed by atoms with Gasteiger partial charge in [0.2, 0.25) is 6.41 Å². The number of hydrogen-bond acceptors (Lipinski definition) is 7. The van der Waals surface area contributed by atoms with Gasteiger partial charge in [-0.2, -0.15) is 0 Å². The average Bonchev–Trinajstić information content (AvgIpc) is 2.99. The average molecular weight is 510 g/mol. The largest absolute Gasteiger partial charge is 0.457 e. The number of imide groups is 1. The smallest absolute Gasteiger partial charge is 0.325 e. The highest BCUT2D eigenvalue weighted by Gasteiger charge is 2.45. The third kappa shape index (κ3) is 5.85. The molecule has 1 saturated heterocycles. The highest BCUT2D eigenvalue weighted by atomic mass is 35.5. The van der Waals surface area contributed by atoms with E-state index in [9.17, 15) is 28.0 Å². The van der Waals surface area contributed by atoms with Crippen molar-refractivity contribution in [1.82, 2.24) is 15.3 Å². The first-order valence-electron chi connectivity index (χ1n) is 10.3. The Bertz CT molecular complexity index is 1170. The third-order valence-electron chi connectivity index (χ3n) is 5.27. The lowest BCUT2D eigenvalue weighted by Crippen LogP contribution is -2.46. The molecule has 2 N–H and O–H groups in total. The minimum absolute atomic E-state index is 0.0152. The van der Waals surface area contributed by atoms with Gasteiger partial charge in [0.05, 0.1) is 23.2 Å². The van der Waals surface area contributed by atoms with Crippen LogP contribution >= 0.6 is 11.6 Å². The van der Waals surface area contributed by atoms with Crippen molar-refractivity contribution in [3.05, 3.63) is 53.6 Å². The van der Waals surface area contributed by atoms with Gasteiger partial charge in [0.15, 0.2) is 9.84 Å². The highest BCUT2D eigenvalue weighted by Crippen LogP contribution is 2.25. The number of hydrogen-bond donors (Lipinski definition) is 2. The van der Waals surface area contributed by atoms with E-state index in [1.807, 2.05) is 0 Å². The van der Waals surface area contributed by atoms with E-state index in [0.29, 0.717) is 16.5 Å².